The molecule has 1 fully saturated rings. The van der Waals surface area contributed by atoms with Crippen molar-refractivity contribution in [3.05, 3.63) is 35.1 Å². The Hall–Kier alpha value is -2.52. The largest absolute Gasteiger partial charge is 0.347 e. The molecule has 1 unspecified atom stereocenters. The van der Waals surface area contributed by atoms with Crippen LogP contribution in [0, 0.1) is 5.82 Å². The van der Waals surface area contributed by atoms with Gasteiger partial charge in [-0.15, -0.1) is 0 Å². The predicted octanol–water partition coefficient (Wildman–Crippen LogP) is 0.362. The molecule has 1 aromatic carbocycles. The Morgan fingerprint density at radius 1 is 1.29 bits per heavy atom. The van der Waals surface area contributed by atoms with Crippen LogP contribution in [0.25, 0.3) is 0 Å². The van der Waals surface area contributed by atoms with Gasteiger partial charge in [-0.2, -0.15) is 0 Å². The minimum Gasteiger partial charge on any atom is -0.347 e. The molecule has 8 nitrogen and oxygen atoms in total. The lowest BCUT2D eigenvalue weighted by Gasteiger charge is -2.30. The van der Waals surface area contributed by atoms with Crippen LogP contribution in [0.2, 0.25) is 0 Å². The first-order chi connectivity index (χ1) is 14.9. The highest BCUT2D eigenvalue weighted by Crippen LogP contribution is 2.33. The monoisotopic (exact) mass is 433 g/mol. The fourth-order valence-electron chi connectivity index (χ4n) is 4.38. The smallest absolute Gasteiger partial charge is 0.245 e. The van der Waals surface area contributed by atoms with E-state index in [9.17, 15) is 18.8 Å². The van der Waals surface area contributed by atoms with E-state index in [1.54, 1.807) is 24.9 Å². The van der Waals surface area contributed by atoms with E-state index >= 15 is 0 Å². The minimum atomic E-state index is -0.775. The number of fused-ring (bicyclic) bond motifs is 1. The van der Waals surface area contributed by atoms with Gasteiger partial charge in [0.15, 0.2) is 0 Å². The van der Waals surface area contributed by atoms with Crippen molar-refractivity contribution in [1.29, 1.82) is 0 Å². The normalized spacial score (nSPS) is 22.0. The molecule has 1 heterocycles. The number of likely N-dealkylation sites (tertiary alicyclic amines) is 1. The molecule has 31 heavy (non-hydrogen) atoms. The van der Waals surface area contributed by atoms with E-state index in [2.05, 4.69) is 16.0 Å². The summed E-state index contributed by atoms with van der Waals surface area (Å²) in [5.74, 6) is -1.07. The summed E-state index contributed by atoms with van der Waals surface area (Å²) in [7, 11) is 1.66. The van der Waals surface area contributed by atoms with Crippen molar-refractivity contribution in [2.75, 3.05) is 20.1 Å². The molecule has 0 saturated carbocycles. The number of rotatable bonds is 8. The maximum atomic E-state index is 14.0. The molecule has 9 heteroatoms. The second-order valence-corrected chi connectivity index (χ2v) is 8.25. The Balaban J connectivity index is 1.68. The molecule has 3 amide bonds. The van der Waals surface area contributed by atoms with Crippen molar-refractivity contribution in [1.82, 2.24) is 20.9 Å². The van der Waals surface area contributed by atoms with E-state index in [1.807, 2.05) is 6.07 Å². The lowest BCUT2D eigenvalue weighted by Crippen LogP contribution is -2.56. The van der Waals surface area contributed by atoms with Crippen molar-refractivity contribution in [2.24, 2.45) is 5.73 Å². The highest BCUT2D eigenvalue weighted by molar-refractivity contribution is 5.93. The molecule has 3 rings (SSSR count). The Labute approximate surface area is 182 Å². The summed E-state index contributed by atoms with van der Waals surface area (Å²) in [6.45, 7) is 2.39. The number of carbonyl (C=O) groups excluding carboxylic acids is 3. The van der Waals surface area contributed by atoms with Gasteiger partial charge in [0.2, 0.25) is 17.7 Å². The van der Waals surface area contributed by atoms with Gasteiger partial charge in [0.1, 0.15) is 17.9 Å². The van der Waals surface area contributed by atoms with Crippen molar-refractivity contribution < 1.29 is 18.8 Å². The average Bonchev–Trinajstić information content (AvgIpc) is 3.40. The van der Waals surface area contributed by atoms with Crippen LogP contribution in [0.1, 0.15) is 49.8 Å². The Morgan fingerprint density at radius 2 is 2.06 bits per heavy atom. The van der Waals surface area contributed by atoms with Gasteiger partial charge in [-0.3, -0.25) is 14.4 Å². The van der Waals surface area contributed by atoms with Crippen LogP contribution < -0.4 is 21.7 Å². The fourth-order valence-corrected chi connectivity index (χ4v) is 4.38. The van der Waals surface area contributed by atoms with Crippen LogP contribution >= 0.6 is 0 Å². The number of halogens is 1. The highest BCUT2D eigenvalue weighted by Gasteiger charge is 2.39. The van der Waals surface area contributed by atoms with E-state index in [0.29, 0.717) is 44.2 Å². The van der Waals surface area contributed by atoms with Gasteiger partial charge in [0, 0.05) is 6.54 Å². The molecule has 4 atom stereocenters. The van der Waals surface area contributed by atoms with Crippen molar-refractivity contribution in [3.63, 3.8) is 0 Å². The number of nitrogens with zero attached hydrogens (tertiary/aromatic N) is 1. The van der Waals surface area contributed by atoms with Gasteiger partial charge in [-0.05, 0) is 69.8 Å². The van der Waals surface area contributed by atoms with Crippen molar-refractivity contribution in [3.8, 4) is 0 Å². The summed E-state index contributed by atoms with van der Waals surface area (Å²) in [4.78, 5) is 40.0. The number of hydrogen-bond acceptors (Lipinski definition) is 5. The fraction of sp³-hybridized carbons (Fsp3) is 0.591. The second-order valence-electron chi connectivity index (χ2n) is 8.25. The van der Waals surface area contributed by atoms with Gasteiger partial charge in [0.25, 0.3) is 0 Å². The topological polar surface area (TPSA) is 117 Å². The van der Waals surface area contributed by atoms with Crippen LogP contribution in [0.15, 0.2) is 18.2 Å². The van der Waals surface area contributed by atoms with E-state index in [0.717, 1.165) is 5.56 Å². The molecule has 170 valence electrons. The van der Waals surface area contributed by atoms with Crippen LogP contribution in [-0.2, 0) is 20.8 Å². The molecular weight excluding hydrogens is 401 g/mol. The Kier molecular flexibility index (Phi) is 7.61. The summed E-state index contributed by atoms with van der Waals surface area (Å²) >= 11 is 0. The zero-order valence-electron chi connectivity index (χ0n) is 18.1. The van der Waals surface area contributed by atoms with Crippen molar-refractivity contribution >= 4 is 17.7 Å². The number of benzene rings is 1. The first-order valence-corrected chi connectivity index (χ1v) is 10.9. The Morgan fingerprint density at radius 3 is 2.77 bits per heavy atom. The van der Waals surface area contributed by atoms with Gasteiger partial charge < -0.3 is 26.6 Å². The first-order valence-electron chi connectivity index (χ1n) is 10.9. The third kappa shape index (κ3) is 5.04. The van der Waals surface area contributed by atoms with Crippen LogP contribution in [0.5, 0.6) is 0 Å². The van der Waals surface area contributed by atoms with Crippen LogP contribution in [-0.4, -0.2) is 60.9 Å². The zero-order chi connectivity index (χ0) is 22.5. The van der Waals surface area contributed by atoms with Gasteiger partial charge in [-0.1, -0.05) is 12.1 Å². The lowest BCUT2D eigenvalue weighted by atomic mass is 10.1. The molecule has 0 spiro atoms. The molecular formula is C22H32FN5O3. The van der Waals surface area contributed by atoms with Crippen LogP contribution in [0.3, 0.4) is 0 Å². The molecule has 1 aliphatic carbocycles. The lowest BCUT2D eigenvalue weighted by molar-refractivity contribution is -0.141. The number of amides is 3. The summed E-state index contributed by atoms with van der Waals surface area (Å²) in [5, 5.41) is 8.60. The molecule has 0 aromatic heterocycles. The molecule has 5 N–H and O–H groups in total. The second kappa shape index (κ2) is 10.2. The van der Waals surface area contributed by atoms with Crippen molar-refractivity contribution in [2.45, 2.75) is 63.2 Å². The molecule has 1 saturated heterocycles. The number of nitrogens with two attached hydrogens (primary N) is 1. The highest BCUT2D eigenvalue weighted by atomic mass is 19.1. The maximum absolute atomic E-state index is 14.0. The van der Waals surface area contributed by atoms with E-state index < -0.39 is 18.1 Å². The number of carbonyl (C=O) groups is 3. The third-order valence-corrected chi connectivity index (χ3v) is 6.26. The van der Waals surface area contributed by atoms with Gasteiger partial charge in [-0.25, -0.2) is 4.39 Å². The Bertz CT molecular complexity index is 833. The van der Waals surface area contributed by atoms with E-state index in [4.69, 9.17) is 5.73 Å². The summed E-state index contributed by atoms with van der Waals surface area (Å²) in [5.41, 5.74) is 7.12. The van der Waals surface area contributed by atoms with Gasteiger partial charge in [0.05, 0.1) is 12.1 Å². The SMILES string of the molecule is CN[C@H](C)C(=O)N[C@H](CCN)C(=O)N1CCC[C@@H]1C(=O)NC1CCc2c(F)cccc21. The van der Waals surface area contributed by atoms with E-state index in [-0.39, 0.29) is 36.1 Å². The zero-order valence-corrected chi connectivity index (χ0v) is 18.1. The minimum absolute atomic E-state index is 0.236. The quantitative estimate of drug-likeness (QED) is 0.472. The molecule has 1 aliphatic heterocycles. The predicted molar refractivity (Wildman–Crippen MR) is 114 cm³/mol. The van der Waals surface area contributed by atoms with Crippen LogP contribution in [0.4, 0.5) is 4.39 Å². The average molecular weight is 434 g/mol. The number of hydrogen-bond donors (Lipinski definition) is 4. The molecule has 1 aromatic rings. The molecule has 2 aliphatic rings. The summed E-state index contributed by atoms with van der Waals surface area (Å²) in [6.07, 6.45) is 2.76. The summed E-state index contributed by atoms with van der Waals surface area (Å²) < 4.78 is 14.0. The van der Waals surface area contributed by atoms with E-state index in [1.165, 1.54) is 6.07 Å². The maximum Gasteiger partial charge on any atom is 0.245 e. The third-order valence-electron chi connectivity index (χ3n) is 6.26. The summed E-state index contributed by atoms with van der Waals surface area (Å²) in [6, 6.07) is 2.83. The first kappa shape index (κ1) is 23.1. The standard InChI is InChI=1S/C22H32FN5O3/c1-13(25-2)20(29)27-18(10-11-24)22(31)28-12-4-7-19(28)21(30)26-17-9-8-14-15(17)5-3-6-16(14)23/h3,5-6,13,17-19,25H,4,7-12,24H2,1-2H3,(H,26,30)(H,27,29)/t13-,17?,18-,19-/m1/s1. The van der Waals surface area contributed by atoms with Gasteiger partial charge >= 0.3 is 0 Å². The number of likely N-dealkylation sites (N-methyl/N-ethyl adjacent to an activating group) is 1. The number of nitrogens with one attached hydrogen (secondary N) is 3. The molecule has 0 radical (unpaired) electrons. The molecule has 0 bridgehead atoms.